The number of H-pyrrole nitrogens is 1. The number of aromatic amines is 1. The van der Waals surface area contributed by atoms with E-state index in [-0.39, 0.29) is 5.91 Å². The van der Waals surface area contributed by atoms with Crippen molar-refractivity contribution in [3.05, 3.63) is 42.1 Å². The fourth-order valence-electron chi connectivity index (χ4n) is 4.54. The molecule has 8 nitrogen and oxygen atoms in total. The lowest BCUT2D eigenvalue weighted by atomic mass is 9.82. The fourth-order valence-corrected chi connectivity index (χ4v) is 4.54. The first-order valence-electron chi connectivity index (χ1n) is 10.2. The van der Waals surface area contributed by atoms with Gasteiger partial charge in [0.05, 0.1) is 11.8 Å². The highest BCUT2D eigenvalue weighted by atomic mass is 16.4. The van der Waals surface area contributed by atoms with E-state index in [1.165, 1.54) is 0 Å². The third kappa shape index (κ3) is 3.82. The normalized spacial score (nSPS) is 22.8. The number of carbonyl (C=O) groups is 3. The maximum atomic E-state index is 12.8. The Morgan fingerprint density at radius 2 is 1.77 bits per heavy atom. The number of hydrogen-bond acceptors (Lipinski definition) is 4. The van der Waals surface area contributed by atoms with Crippen LogP contribution in [0.2, 0.25) is 0 Å². The molecule has 1 aliphatic carbocycles. The zero-order valence-corrected chi connectivity index (χ0v) is 16.5. The molecule has 1 aromatic heterocycles. The molecule has 4 N–H and O–H groups in total. The number of allylic oxidation sites excluding steroid dienone is 2. The predicted molar refractivity (Wildman–Crippen MR) is 111 cm³/mol. The van der Waals surface area contributed by atoms with Crippen LogP contribution in [0.1, 0.15) is 37.3 Å². The molecular formula is C22H25N3O5. The van der Waals surface area contributed by atoms with E-state index in [1.807, 2.05) is 11.0 Å². The van der Waals surface area contributed by atoms with Crippen molar-refractivity contribution in [2.75, 3.05) is 18.4 Å². The quantitative estimate of drug-likeness (QED) is 0.542. The van der Waals surface area contributed by atoms with Crippen LogP contribution in [0, 0.1) is 11.8 Å². The second kappa shape index (κ2) is 8.31. The van der Waals surface area contributed by atoms with Crippen LogP contribution in [-0.4, -0.2) is 51.0 Å². The number of nitrogens with zero attached hydrogens (tertiary/aromatic N) is 1. The van der Waals surface area contributed by atoms with Crippen LogP contribution in [0.15, 0.2) is 36.5 Å². The SMILES string of the molecule is O=C(O)[C@H]1CC=CC[C@@H]1C(=O)Nc1ccc2[nH]cc([C@@H](C(=O)O)N3CCCC3)c2c1. The summed E-state index contributed by atoms with van der Waals surface area (Å²) in [6.45, 7) is 1.48. The second-order valence-electron chi connectivity index (χ2n) is 7.97. The number of carboxylic acid groups (broad SMARTS) is 2. The minimum absolute atomic E-state index is 0.336. The van der Waals surface area contributed by atoms with Gasteiger partial charge in [0.2, 0.25) is 5.91 Å². The number of carboxylic acids is 2. The van der Waals surface area contributed by atoms with E-state index in [0.29, 0.717) is 24.1 Å². The number of benzene rings is 1. The van der Waals surface area contributed by atoms with Crippen molar-refractivity contribution in [1.82, 2.24) is 9.88 Å². The van der Waals surface area contributed by atoms with E-state index >= 15 is 0 Å². The van der Waals surface area contributed by atoms with Gasteiger partial charge in [-0.25, -0.2) is 0 Å². The molecule has 2 aromatic rings. The first-order chi connectivity index (χ1) is 14.5. The summed E-state index contributed by atoms with van der Waals surface area (Å²) in [5, 5.41) is 22.8. The molecule has 0 saturated carbocycles. The van der Waals surface area contributed by atoms with Crippen LogP contribution >= 0.6 is 0 Å². The Bertz CT molecular complexity index is 1010. The molecule has 0 radical (unpaired) electrons. The van der Waals surface area contributed by atoms with E-state index in [1.54, 1.807) is 30.5 Å². The molecule has 1 aliphatic heterocycles. The highest BCUT2D eigenvalue weighted by molar-refractivity contribution is 5.98. The molecule has 0 bridgehead atoms. The second-order valence-corrected chi connectivity index (χ2v) is 7.97. The third-order valence-corrected chi connectivity index (χ3v) is 6.10. The Morgan fingerprint density at radius 3 is 2.43 bits per heavy atom. The van der Waals surface area contributed by atoms with Crippen LogP contribution < -0.4 is 5.32 Å². The Hall–Kier alpha value is -3.13. The molecule has 8 heteroatoms. The summed E-state index contributed by atoms with van der Waals surface area (Å²) in [5.41, 5.74) is 1.98. The summed E-state index contributed by atoms with van der Waals surface area (Å²) in [7, 11) is 0. The van der Waals surface area contributed by atoms with E-state index < -0.39 is 29.8 Å². The molecular weight excluding hydrogens is 386 g/mol. The maximum absolute atomic E-state index is 12.8. The monoisotopic (exact) mass is 411 g/mol. The number of likely N-dealkylation sites (tertiary alicyclic amines) is 1. The fraction of sp³-hybridized carbons (Fsp3) is 0.409. The summed E-state index contributed by atoms with van der Waals surface area (Å²) in [6.07, 6.45) is 8.04. The predicted octanol–water partition coefficient (Wildman–Crippen LogP) is 2.99. The number of aromatic nitrogens is 1. The zero-order chi connectivity index (χ0) is 21.3. The van der Waals surface area contributed by atoms with Gasteiger partial charge in [0.15, 0.2) is 0 Å². The van der Waals surface area contributed by atoms with Crippen molar-refractivity contribution < 1.29 is 24.6 Å². The highest BCUT2D eigenvalue weighted by Gasteiger charge is 2.34. The molecule has 0 unspecified atom stereocenters. The van der Waals surface area contributed by atoms with Gasteiger partial charge < -0.3 is 20.5 Å². The molecule has 1 saturated heterocycles. The van der Waals surface area contributed by atoms with Gasteiger partial charge in [-0.3, -0.25) is 19.3 Å². The topological polar surface area (TPSA) is 123 Å². The molecule has 158 valence electrons. The Labute approximate surface area is 173 Å². The third-order valence-electron chi connectivity index (χ3n) is 6.10. The number of aliphatic carboxylic acids is 2. The molecule has 30 heavy (non-hydrogen) atoms. The van der Waals surface area contributed by atoms with Crippen molar-refractivity contribution in [2.45, 2.75) is 31.7 Å². The Morgan fingerprint density at radius 1 is 1.07 bits per heavy atom. The maximum Gasteiger partial charge on any atom is 0.325 e. The first kappa shape index (κ1) is 20.2. The average molecular weight is 411 g/mol. The van der Waals surface area contributed by atoms with Crippen molar-refractivity contribution in [2.24, 2.45) is 11.8 Å². The van der Waals surface area contributed by atoms with Gasteiger partial charge in [-0.05, 0) is 57.0 Å². The molecule has 0 spiro atoms. The highest BCUT2D eigenvalue weighted by Crippen LogP contribution is 2.33. The summed E-state index contributed by atoms with van der Waals surface area (Å²) in [6, 6.07) is 4.56. The van der Waals surface area contributed by atoms with Gasteiger partial charge in [0.1, 0.15) is 6.04 Å². The number of rotatable bonds is 6. The molecule has 2 heterocycles. The van der Waals surface area contributed by atoms with Crippen LogP contribution in [-0.2, 0) is 14.4 Å². The number of fused-ring (bicyclic) bond motifs is 1. The van der Waals surface area contributed by atoms with Crippen LogP contribution in [0.5, 0.6) is 0 Å². The number of carbonyl (C=O) groups excluding carboxylic acids is 1. The lowest BCUT2D eigenvalue weighted by molar-refractivity contribution is -0.146. The van der Waals surface area contributed by atoms with E-state index in [4.69, 9.17) is 0 Å². The minimum Gasteiger partial charge on any atom is -0.481 e. The van der Waals surface area contributed by atoms with Crippen LogP contribution in [0.25, 0.3) is 10.9 Å². The summed E-state index contributed by atoms with van der Waals surface area (Å²) >= 11 is 0. The molecule has 3 atom stereocenters. The van der Waals surface area contributed by atoms with E-state index in [2.05, 4.69) is 10.3 Å². The van der Waals surface area contributed by atoms with Crippen LogP contribution in [0.4, 0.5) is 5.69 Å². The van der Waals surface area contributed by atoms with Gasteiger partial charge in [-0.2, -0.15) is 0 Å². The van der Waals surface area contributed by atoms with Crippen molar-refractivity contribution >= 4 is 34.4 Å². The lowest BCUT2D eigenvalue weighted by Gasteiger charge is -2.24. The molecule has 1 amide bonds. The van der Waals surface area contributed by atoms with Crippen molar-refractivity contribution in [3.8, 4) is 0 Å². The van der Waals surface area contributed by atoms with Gasteiger partial charge in [-0.15, -0.1) is 0 Å². The standard InChI is InChI=1S/C22H25N3O5/c26-20(14-5-1-2-6-15(14)21(27)28)24-13-7-8-18-16(11-13)17(12-23-18)19(22(29)30)25-9-3-4-10-25/h1-2,7-8,11-12,14-15,19,23H,3-6,9-10H2,(H,24,26)(H,27,28)(H,29,30)/t14-,15-,19-/m0/s1. The smallest absolute Gasteiger partial charge is 0.325 e. The number of nitrogens with one attached hydrogen (secondary N) is 2. The molecule has 1 fully saturated rings. The van der Waals surface area contributed by atoms with E-state index in [0.717, 1.165) is 36.8 Å². The lowest BCUT2D eigenvalue weighted by Crippen LogP contribution is -2.34. The summed E-state index contributed by atoms with van der Waals surface area (Å²) in [5.74, 6) is -3.58. The largest absolute Gasteiger partial charge is 0.481 e. The first-order valence-corrected chi connectivity index (χ1v) is 10.2. The molecule has 2 aliphatic rings. The number of amides is 1. The van der Waals surface area contributed by atoms with Gasteiger partial charge in [-0.1, -0.05) is 12.2 Å². The molecule has 4 rings (SSSR count). The van der Waals surface area contributed by atoms with Gasteiger partial charge in [0, 0.05) is 28.4 Å². The van der Waals surface area contributed by atoms with E-state index in [9.17, 15) is 24.6 Å². The summed E-state index contributed by atoms with van der Waals surface area (Å²) < 4.78 is 0. The van der Waals surface area contributed by atoms with Crippen LogP contribution in [0.3, 0.4) is 0 Å². The van der Waals surface area contributed by atoms with Crippen molar-refractivity contribution in [1.29, 1.82) is 0 Å². The summed E-state index contributed by atoms with van der Waals surface area (Å²) in [4.78, 5) is 41.4. The van der Waals surface area contributed by atoms with Gasteiger partial charge in [0.25, 0.3) is 0 Å². The number of anilines is 1. The number of hydrogen-bond donors (Lipinski definition) is 4. The average Bonchev–Trinajstić information content (AvgIpc) is 3.39. The minimum atomic E-state index is -0.974. The Balaban J connectivity index is 1.61. The zero-order valence-electron chi connectivity index (χ0n) is 16.5. The molecule has 1 aromatic carbocycles. The van der Waals surface area contributed by atoms with Gasteiger partial charge >= 0.3 is 11.9 Å². The van der Waals surface area contributed by atoms with Crippen molar-refractivity contribution in [3.63, 3.8) is 0 Å². The Kier molecular flexibility index (Phi) is 5.59.